The first-order valence-corrected chi connectivity index (χ1v) is 7.12. The molecule has 21 heavy (non-hydrogen) atoms. The predicted octanol–water partition coefficient (Wildman–Crippen LogP) is 2.71. The second-order valence-corrected chi connectivity index (χ2v) is 6.57. The zero-order chi connectivity index (χ0) is 15.8. The van der Waals surface area contributed by atoms with Crippen molar-refractivity contribution < 1.29 is 19.5 Å². The maximum absolute atomic E-state index is 9.66. The average molecular weight is 290 g/mol. The standard InChI is InChI=1S/C16H23BO4/c1-11-6-12(9-14(19)7-11)8-13(10-18)17-20-15(2,3)16(4,5)21-17/h6-9,18-19H,10H2,1-5H3. The van der Waals surface area contributed by atoms with Crippen molar-refractivity contribution in [1.29, 1.82) is 0 Å². The Bertz CT molecular complexity index is 527. The number of hydrogen-bond donors (Lipinski definition) is 2. The summed E-state index contributed by atoms with van der Waals surface area (Å²) in [7, 11) is -0.581. The molecule has 1 aliphatic heterocycles. The van der Waals surface area contributed by atoms with Crippen molar-refractivity contribution >= 4 is 13.2 Å². The van der Waals surface area contributed by atoms with Gasteiger partial charge in [0.25, 0.3) is 0 Å². The molecular weight excluding hydrogens is 267 g/mol. The molecule has 0 bridgehead atoms. The van der Waals surface area contributed by atoms with Crippen LogP contribution in [0.1, 0.15) is 38.8 Å². The summed E-state index contributed by atoms with van der Waals surface area (Å²) in [5.41, 5.74) is 1.51. The molecule has 0 aliphatic carbocycles. The molecule has 5 heteroatoms. The Kier molecular flexibility index (Phi) is 4.20. The van der Waals surface area contributed by atoms with Crippen LogP contribution < -0.4 is 0 Å². The molecule has 0 aromatic heterocycles. The van der Waals surface area contributed by atoms with Crippen LogP contribution >= 0.6 is 0 Å². The van der Waals surface area contributed by atoms with Gasteiger partial charge >= 0.3 is 7.12 Å². The molecule has 1 saturated heterocycles. The van der Waals surface area contributed by atoms with Gasteiger partial charge in [-0.3, -0.25) is 0 Å². The van der Waals surface area contributed by atoms with Crippen molar-refractivity contribution in [3.8, 4) is 5.75 Å². The molecule has 4 nitrogen and oxygen atoms in total. The molecule has 0 atom stereocenters. The quantitative estimate of drug-likeness (QED) is 0.840. The molecule has 0 unspecified atom stereocenters. The lowest BCUT2D eigenvalue weighted by Crippen LogP contribution is -2.41. The van der Waals surface area contributed by atoms with Crippen molar-refractivity contribution in [2.75, 3.05) is 6.61 Å². The molecular formula is C16H23BO4. The topological polar surface area (TPSA) is 58.9 Å². The maximum Gasteiger partial charge on any atom is 0.492 e. The number of aromatic hydroxyl groups is 1. The number of aliphatic hydroxyl groups excluding tert-OH is 1. The largest absolute Gasteiger partial charge is 0.508 e. The highest BCUT2D eigenvalue weighted by atomic mass is 16.7. The molecule has 0 saturated carbocycles. The van der Waals surface area contributed by atoms with Crippen molar-refractivity contribution in [3.63, 3.8) is 0 Å². The van der Waals surface area contributed by atoms with Crippen molar-refractivity contribution in [1.82, 2.24) is 0 Å². The van der Waals surface area contributed by atoms with Crippen LogP contribution in [0.4, 0.5) is 0 Å². The van der Waals surface area contributed by atoms with Gasteiger partial charge in [-0.2, -0.15) is 0 Å². The molecule has 0 spiro atoms. The molecule has 1 heterocycles. The fraction of sp³-hybridized carbons (Fsp3) is 0.500. The summed E-state index contributed by atoms with van der Waals surface area (Å²) in [5.74, 6) is 0.201. The number of benzene rings is 1. The molecule has 2 N–H and O–H groups in total. The molecule has 1 fully saturated rings. The summed E-state index contributed by atoms with van der Waals surface area (Å²) in [6, 6.07) is 5.26. The minimum atomic E-state index is -0.581. The molecule has 1 aromatic rings. The van der Waals surface area contributed by atoms with Crippen LogP contribution in [0.3, 0.4) is 0 Å². The Hall–Kier alpha value is -1.30. The van der Waals surface area contributed by atoms with E-state index in [1.165, 1.54) is 0 Å². The van der Waals surface area contributed by atoms with E-state index in [-0.39, 0.29) is 12.4 Å². The average Bonchev–Trinajstić information content (AvgIpc) is 2.54. The summed E-state index contributed by atoms with van der Waals surface area (Å²) in [4.78, 5) is 0. The molecule has 0 amide bonds. The zero-order valence-electron chi connectivity index (χ0n) is 13.3. The van der Waals surface area contributed by atoms with Gasteiger partial charge in [0.2, 0.25) is 0 Å². The van der Waals surface area contributed by atoms with Crippen molar-refractivity contribution in [2.45, 2.75) is 45.8 Å². The third kappa shape index (κ3) is 3.31. The molecule has 0 radical (unpaired) electrons. The number of aliphatic hydroxyl groups is 1. The smallest absolute Gasteiger partial charge is 0.492 e. The first-order chi connectivity index (χ1) is 9.64. The van der Waals surface area contributed by atoms with E-state index in [4.69, 9.17) is 9.31 Å². The number of phenols is 1. The lowest BCUT2D eigenvalue weighted by Gasteiger charge is -2.32. The highest BCUT2D eigenvalue weighted by Gasteiger charge is 2.52. The SMILES string of the molecule is Cc1cc(O)cc(C=C(CO)B2OC(C)(C)C(C)(C)O2)c1. The molecule has 114 valence electrons. The lowest BCUT2D eigenvalue weighted by atomic mass is 9.77. The van der Waals surface area contributed by atoms with Gasteiger partial charge in [0.15, 0.2) is 0 Å². The van der Waals surface area contributed by atoms with Crippen LogP contribution in [0.25, 0.3) is 6.08 Å². The van der Waals surface area contributed by atoms with Gasteiger partial charge in [-0.25, -0.2) is 0 Å². The maximum atomic E-state index is 9.66. The van der Waals surface area contributed by atoms with Crippen LogP contribution in [0, 0.1) is 6.92 Å². The highest BCUT2D eigenvalue weighted by molar-refractivity contribution is 6.55. The lowest BCUT2D eigenvalue weighted by molar-refractivity contribution is 0.00578. The molecule has 1 aromatic carbocycles. The monoisotopic (exact) mass is 290 g/mol. The van der Waals surface area contributed by atoms with Crippen LogP contribution in [0.5, 0.6) is 5.75 Å². The van der Waals surface area contributed by atoms with E-state index < -0.39 is 18.3 Å². The van der Waals surface area contributed by atoms with Crippen LogP contribution in [-0.2, 0) is 9.31 Å². The van der Waals surface area contributed by atoms with Gasteiger partial charge in [0, 0.05) is 0 Å². The summed E-state index contributed by atoms with van der Waals surface area (Å²) in [6.45, 7) is 9.64. The minimum absolute atomic E-state index is 0.161. The van der Waals surface area contributed by atoms with E-state index in [2.05, 4.69) is 0 Å². The summed E-state index contributed by atoms with van der Waals surface area (Å²) in [6.07, 6.45) is 1.80. The second kappa shape index (κ2) is 5.48. The Morgan fingerprint density at radius 2 is 1.71 bits per heavy atom. The van der Waals surface area contributed by atoms with Gasteiger partial charge in [-0.1, -0.05) is 12.1 Å². The first kappa shape index (κ1) is 16.1. The Balaban J connectivity index is 2.30. The normalized spacial score (nSPS) is 20.9. The zero-order valence-corrected chi connectivity index (χ0v) is 13.3. The number of aryl methyl sites for hydroxylation is 1. The van der Waals surface area contributed by atoms with Gasteiger partial charge in [0.1, 0.15) is 5.75 Å². The van der Waals surface area contributed by atoms with E-state index in [9.17, 15) is 10.2 Å². The number of hydrogen-bond acceptors (Lipinski definition) is 4. The van der Waals surface area contributed by atoms with E-state index in [1.807, 2.05) is 40.7 Å². The summed E-state index contributed by atoms with van der Waals surface area (Å²) < 4.78 is 11.9. The van der Waals surface area contributed by atoms with Gasteiger partial charge in [-0.15, -0.1) is 0 Å². The molecule has 1 aliphatic rings. The minimum Gasteiger partial charge on any atom is -0.508 e. The third-order valence-electron chi connectivity index (χ3n) is 4.18. The highest BCUT2D eigenvalue weighted by Crippen LogP contribution is 2.38. The van der Waals surface area contributed by atoms with E-state index in [0.29, 0.717) is 5.47 Å². The van der Waals surface area contributed by atoms with E-state index in [0.717, 1.165) is 11.1 Å². The van der Waals surface area contributed by atoms with Crippen molar-refractivity contribution in [3.05, 3.63) is 34.8 Å². The Labute approximate surface area is 126 Å². The fourth-order valence-electron chi connectivity index (χ4n) is 2.27. The van der Waals surface area contributed by atoms with Crippen LogP contribution in [0.15, 0.2) is 23.7 Å². The van der Waals surface area contributed by atoms with Gasteiger partial charge < -0.3 is 19.5 Å². The number of rotatable bonds is 3. The fourth-order valence-corrected chi connectivity index (χ4v) is 2.27. The second-order valence-electron chi connectivity index (χ2n) is 6.57. The van der Waals surface area contributed by atoms with Gasteiger partial charge in [0.05, 0.1) is 17.8 Å². The summed E-state index contributed by atoms with van der Waals surface area (Å²) >= 11 is 0. The predicted molar refractivity (Wildman–Crippen MR) is 84.0 cm³/mol. The summed E-state index contributed by atoms with van der Waals surface area (Å²) in [5, 5.41) is 19.3. The Morgan fingerprint density at radius 1 is 1.14 bits per heavy atom. The molecule has 2 rings (SSSR count). The number of phenolic OH excluding ortho intramolecular Hbond substituents is 1. The Morgan fingerprint density at radius 3 is 2.19 bits per heavy atom. The van der Waals surface area contributed by atoms with Gasteiger partial charge in [-0.05, 0) is 63.4 Å². The van der Waals surface area contributed by atoms with E-state index in [1.54, 1.807) is 18.2 Å². The van der Waals surface area contributed by atoms with Crippen LogP contribution in [-0.4, -0.2) is 35.1 Å². The van der Waals surface area contributed by atoms with Crippen molar-refractivity contribution in [2.24, 2.45) is 0 Å². The third-order valence-corrected chi connectivity index (χ3v) is 4.18. The van der Waals surface area contributed by atoms with Crippen LogP contribution in [0.2, 0.25) is 0 Å². The van der Waals surface area contributed by atoms with E-state index >= 15 is 0 Å². The first-order valence-electron chi connectivity index (χ1n) is 7.12.